The van der Waals surface area contributed by atoms with E-state index in [2.05, 4.69) is 71.0 Å². The van der Waals surface area contributed by atoms with Gasteiger partial charge in [0.05, 0.1) is 17.1 Å². The Morgan fingerprint density at radius 1 is 0.667 bits per heavy atom. The average Bonchev–Trinajstić information content (AvgIpc) is 2.79. The molecule has 0 heterocycles. The van der Waals surface area contributed by atoms with Crippen molar-refractivity contribution < 1.29 is 0 Å². The van der Waals surface area contributed by atoms with Crippen LogP contribution in [0.3, 0.4) is 0 Å². The highest BCUT2D eigenvalue weighted by atomic mass is 14.8. The van der Waals surface area contributed by atoms with Crippen molar-refractivity contribution in [2.45, 2.75) is 92.4 Å². The molecule has 0 aliphatic heterocycles. The van der Waals surface area contributed by atoms with Gasteiger partial charge in [0.25, 0.3) is 0 Å². The van der Waals surface area contributed by atoms with Gasteiger partial charge in [0.1, 0.15) is 0 Å². The Hall–Kier alpha value is -2.22. The Balaban J connectivity index is 2.28. The van der Waals surface area contributed by atoms with Crippen LogP contribution >= 0.6 is 0 Å². The van der Waals surface area contributed by atoms with Crippen molar-refractivity contribution in [1.82, 2.24) is 0 Å². The van der Waals surface area contributed by atoms with Gasteiger partial charge in [-0.25, -0.2) is 0 Å². The Morgan fingerprint density at radius 2 is 1.23 bits per heavy atom. The summed E-state index contributed by atoms with van der Waals surface area (Å²) in [5.41, 5.74) is 8.82. The summed E-state index contributed by atoms with van der Waals surface area (Å²) in [5, 5.41) is 0. The van der Waals surface area contributed by atoms with Gasteiger partial charge in [-0.05, 0) is 85.0 Å². The second kappa shape index (κ2) is 13.2. The summed E-state index contributed by atoms with van der Waals surface area (Å²) in [6.45, 7) is 11.1. The van der Waals surface area contributed by atoms with Gasteiger partial charge in [0, 0.05) is 6.21 Å². The molecule has 2 rings (SSSR count). The lowest BCUT2D eigenvalue weighted by molar-refractivity contribution is 0.684. The molecule has 0 aliphatic carbocycles. The van der Waals surface area contributed by atoms with E-state index in [1.807, 2.05) is 6.21 Å². The second-order valence-electron chi connectivity index (χ2n) is 7.99. The molecule has 2 nitrogen and oxygen atoms in total. The number of aryl methyl sites for hydroxylation is 4. The molecule has 2 aromatic rings. The molecule has 0 bridgehead atoms. The summed E-state index contributed by atoms with van der Waals surface area (Å²) in [7, 11) is 0. The van der Waals surface area contributed by atoms with Gasteiger partial charge in [-0.15, -0.1) is 0 Å². The zero-order valence-corrected chi connectivity index (χ0v) is 19.8. The molecule has 0 aliphatic rings. The van der Waals surface area contributed by atoms with Crippen molar-refractivity contribution in [3.05, 3.63) is 58.7 Å². The lowest BCUT2D eigenvalue weighted by Crippen LogP contribution is -2.00. The van der Waals surface area contributed by atoms with E-state index in [0.717, 1.165) is 49.2 Å². The SMILES string of the molecule is CCCCCCC(C=Nc1ccc(CC)c(CC)c1)=Nc1ccc(CC)c(CC)c1. The lowest BCUT2D eigenvalue weighted by atomic mass is 10.0. The molecule has 0 fully saturated rings. The van der Waals surface area contributed by atoms with Gasteiger partial charge in [-0.2, -0.15) is 0 Å². The van der Waals surface area contributed by atoms with E-state index in [0.29, 0.717) is 0 Å². The number of benzene rings is 2. The normalized spacial score (nSPS) is 12.1. The number of hydrogen-bond donors (Lipinski definition) is 0. The van der Waals surface area contributed by atoms with Gasteiger partial charge < -0.3 is 0 Å². The van der Waals surface area contributed by atoms with Crippen molar-refractivity contribution in [3.8, 4) is 0 Å². The van der Waals surface area contributed by atoms with Crippen LogP contribution in [0.5, 0.6) is 0 Å². The van der Waals surface area contributed by atoms with E-state index in [1.165, 1.54) is 47.9 Å². The highest BCUT2D eigenvalue weighted by Gasteiger charge is 2.04. The third-order valence-corrected chi connectivity index (χ3v) is 5.83. The minimum absolute atomic E-state index is 0.980. The summed E-state index contributed by atoms with van der Waals surface area (Å²) in [4.78, 5) is 9.81. The molecule has 0 saturated carbocycles. The van der Waals surface area contributed by atoms with Crippen LogP contribution in [0.25, 0.3) is 0 Å². The first-order valence-electron chi connectivity index (χ1n) is 12.0. The molecule has 0 unspecified atom stereocenters. The van der Waals surface area contributed by atoms with Crippen molar-refractivity contribution >= 4 is 23.3 Å². The molecular weight excluding hydrogens is 364 g/mol. The highest BCUT2D eigenvalue weighted by Crippen LogP contribution is 2.22. The first-order valence-corrected chi connectivity index (χ1v) is 12.0. The van der Waals surface area contributed by atoms with Crippen LogP contribution in [-0.2, 0) is 25.7 Å². The minimum Gasteiger partial charge on any atom is -0.255 e. The van der Waals surface area contributed by atoms with Crippen molar-refractivity contribution in [2.24, 2.45) is 9.98 Å². The number of nitrogens with zero attached hydrogens (tertiary/aromatic N) is 2. The molecule has 0 aromatic heterocycles. The van der Waals surface area contributed by atoms with Crippen LogP contribution in [0, 0.1) is 0 Å². The number of unbranched alkanes of at least 4 members (excludes halogenated alkanes) is 3. The largest absolute Gasteiger partial charge is 0.255 e. The van der Waals surface area contributed by atoms with E-state index < -0.39 is 0 Å². The molecule has 30 heavy (non-hydrogen) atoms. The third-order valence-electron chi connectivity index (χ3n) is 5.83. The third kappa shape index (κ3) is 7.23. The van der Waals surface area contributed by atoms with Gasteiger partial charge in [-0.1, -0.05) is 66.0 Å². The Labute approximate surface area is 184 Å². The molecule has 0 radical (unpaired) electrons. The van der Waals surface area contributed by atoms with Crippen LogP contribution in [-0.4, -0.2) is 11.9 Å². The summed E-state index contributed by atoms with van der Waals surface area (Å²) in [5.74, 6) is 0. The van der Waals surface area contributed by atoms with E-state index in [9.17, 15) is 0 Å². The van der Waals surface area contributed by atoms with E-state index in [4.69, 9.17) is 9.98 Å². The number of aliphatic imine (C=N–C) groups is 2. The molecule has 162 valence electrons. The lowest BCUT2D eigenvalue weighted by Gasteiger charge is -2.08. The van der Waals surface area contributed by atoms with Gasteiger partial charge >= 0.3 is 0 Å². The summed E-state index contributed by atoms with van der Waals surface area (Å²) in [6, 6.07) is 13.2. The monoisotopic (exact) mass is 404 g/mol. The maximum atomic E-state index is 5.00. The Bertz CT molecular complexity index is 846. The topological polar surface area (TPSA) is 24.7 Å². The molecule has 0 amide bonds. The van der Waals surface area contributed by atoms with E-state index >= 15 is 0 Å². The highest BCUT2D eigenvalue weighted by molar-refractivity contribution is 6.31. The fourth-order valence-electron chi connectivity index (χ4n) is 3.92. The molecule has 2 aromatic carbocycles. The molecule has 0 N–H and O–H groups in total. The second-order valence-corrected chi connectivity index (χ2v) is 7.99. The van der Waals surface area contributed by atoms with Crippen LogP contribution in [0.1, 0.15) is 89.0 Å². The maximum absolute atomic E-state index is 5.00. The Morgan fingerprint density at radius 3 is 1.80 bits per heavy atom. The van der Waals surface area contributed by atoms with Crippen molar-refractivity contribution in [1.29, 1.82) is 0 Å². The summed E-state index contributed by atoms with van der Waals surface area (Å²) in [6.07, 6.45) is 12.2. The number of hydrogen-bond acceptors (Lipinski definition) is 2. The first-order chi connectivity index (χ1) is 14.6. The standard InChI is InChI=1S/C28H40N2/c1-6-11-12-13-14-28(30-27-18-16-23(8-3)25(10-5)20-27)21-29-26-17-15-22(7-2)24(9-4)19-26/h15-21H,6-14H2,1-5H3. The molecular formula is C28H40N2. The average molecular weight is 405 g/mol. The predicted molar refractivity (Wildman–Crippen MR) is 134 cm³/mol. The molecule has 2 heteroatoms. The molecule has 0 saturated heterocycles. The molecule has 0 atom stereocenters. The summed E-state index contributed by atoms with van der Waals surface area (Å²) < 4.78 is 0. The minimum atomic E-state index is 0.980. The van der Waals surface area contributed by atoms with Gasteiger partial charge in [-0.3, -0.25) is 9.98 Å². The predicted octanol–water partition coefficient (Wildman–Crippen LogP) is 8.38. The fourth-order valence-corrected chi connectivity index (χ4v) is 3.92. The Kier molecular flexibility index (Phi) is 10.5. The van der Waals surface area contributed by atoms with Crippen LogP contribution in [0.15, 0.2) is 46.4 Å². The van der Waals surface area contributed by atoms with Gasteiger partial charge in [0.2, 0.25) is 0 Å². The van der Waals surface area contributed by atoms with E-state index in [1.54, 1.807) is 0 Å². The van der Waals surface area contributed by atoms with E-state index in [-0.39, 0.29) is 0 Å². The van der Waals surface area contributed by atoms with Gasteiger partial charge in [0.15, 0.2) is 0 Å². The zero-order chi connectivity index (χ0) is 21.8. The maximum Gasteiger partial charge on any atom is 0.0636 e. The zero-order valence-electron chi connectivity index (χ0n) is 19.8. The van der Waals surface area contributed by atoms with Crippen LogP contribution in [0.4, 0.5) is 11.4 Å². The quantitative estimate of drug-likeness (QED) is 0.251. The van der Waals surface area contributed by atoms with Crippen molar-refractivity contribution in [2.75, 3.05) is 0 Å². The fraction of sp³-hybridized carbons (Fsp3) is 0.500. The van der Waals surface area contributed by atoms with Crippen LogP contribution < -0.4 is 0 Å². The van der Waals surface area contributed by atoms with Crippen molar-refractivity contribution in [3.63, 3.8) is 0 Å². The first kappa shape index (κ1) is 24.1. The summed E-state index contributed by atoms with van der Waals surface area (Å²) >= 11 is 0. The smallest absolute Gasteiger partial charge is 0.0636 e. The number of rotatable bonds is 12. The molecule has 0 spiro atoms. The van der Waals surface area contributed by atoms with Crippen LogP contribution in [0.2, 0.25) is 0 Å².